The third-order valence-corrected chi connectivity index (χ3v) is 5.48. The molecule has 0 radical (unpaired) electrons. The second-order valence-corrected chi connectivity index (χ2v) is 7.69. The van der Waals surface area contributed by atoms with Crippen molar-refractivity contribution in [3.05, 3.63) is 75.7 Å². The van der Waals surface area contributed by atoms with Gasteiger partial charge >= 0.3 is 0 Å². The molecule has 7 nitrogen and oxygen atoms in total. The molecule has 4 rings (SSSR count). The van der Waals surface area contributed by atoms with Crippen LogP contribution < -0.4 is 10.1 Å². The molecule has 3 aromatic rings. The zero-order chi connectivity index (χ0) is 20.9. The van der Waals surface area contributed by atoms with Crippen LogP contribution >= 0.6 is 11.3 Å². The fraction of sp³-hybridized carbons (Fsp3) is 0.286. The minimum Gasteiger partial charge on any atom is -0.454 e. The zero-order valence-electron chi connectivity index (χ0n) is 16.0. The Morgan fingerprint density at radius 2 is 2.13 bits per heavy atom. The van der Waals surface area contributed by atoms with E-state index in [9.17, 15) is 14.0 Å². The monoisotopic (exact) mass is 429 g/mol. The molecule has 1 aliphatic rings. The van der Waals surface area contributed by atoms with Crippen LogP contribution in [0, 0.1) is 5.82 Å². The molecular weight excluding hydrogens is 409 g/mol. The number of hydrogen-bond acceptors (Lipinski definition) is 5. The van der Waals surface area contributed by atoms with Crippen LogP contribution in [0.1, 0.15) is 39.5 Å². The molecule has 3 heterocycles. The van der Waals surface area contributed by atoms with E-state index in [1.54, 1.807) is 34.3 Å². The van der Waals surface area contributed by atoms with E-state index in [4.69, 9.17) is 9.15 Å². The number of nitrogens with one attached hydrogen (secondary N) is 1. The van der Waals surface area contributed by atoms with Crippen molar-refractivity contribution in [2.45, 2.75) is 25.5 Å². The summed E-state index contributed by atoms with van der Waals surface area (Å²) in [4.78, 5) is 29.0. The molecule has 0 bridgehead atoms. The van der Waals surface area contributed by atoms with Crippen LogP contribution in [0.25, 0.3) is 0 Å². The molecule has 2 aromatic heterocycles. The quantitative estimate of drug-likeness (QED) is 0.653. The minimum absolute atomic E-state index is 0.0564. The van der Waals surface area contributed by atoms with Crippen molar-refractivity contribution in [1.29, 1.82) is 0 Å². The summed E-state index contributed by atoms with van der Waals surface area (Å²) in [5.41, 5.74) is -0.0827. The maximum Gasteiger partial charge on any atom is 0.287 e. The van der Waals surface area contributed by atoms with Gasteiger partial charge in [-0.15, -0.1) is 11.3 Å². The molecule has 1 unspecified atom stereocenters. The number of halogens is 1. The Balaban J connectivity index is 1.43. The van der Waals surface area contributed by atoms with Gasteiger partial charge in [0.1, 0.15) is 11.6 Å². The summed E-state index contributed by atoms with van der Waals surface area (Å²) >= 11 is 1.25. The van der Waals surface area contributed by atoms with Crippen LogP contribution in [0.5, 0.6) is 0 Å². The standard InChI is InChI=1S/C21H20FN3O4S/c22-17-6-2-1-5-16(17)19(26)24-21-25(9-11-30-21)13-15-7-8-18(29-15)20(27)23-12-14-4-3-10-28-14/h1-2,5-9,11,14H,3-4,10,12-13H2,(H,23,27). The number of rotatable bonds is 6. The largest absolute Gasteiger partial charge is 0.454 e. The van der Waals surface area contributed by atoms with Gasteiger partial charge < -0.3 is 19.0 Å². The summed E-state index contributed by atoms with van der Waals surface area (Å²) < 4.78 is 26.6. The van der Waals surface area contributed by atoms with E-state index >= 15 is 0 Å². The molecule has 0 spiro atoms. The van der Waals surface area contributed by atoms with Crippen molar-refractivity contribution in [3.63, 3.8) is 0 Å². The lowest BCUT2D eigenvalue weighted by molar-refractivity contribution is 0.0833. The summed E-state index contributed by atoms with van der Waals surface area (Å²) in [6, 6.07) is 9.03. The second-order valence-electron chi connectivity index (χ2n) is 6.82. The molecule has 1 N–H and O–H groups in total. The highest BCUT2D eigenvalue weighted by molar-refractivity contribution is 7.07. The first kappa shape index (κ1) is 20.2. The van der Waals surface area contributed by atoms with Crippen molar-refractivity contribution >= 4 is 23.2 Å². The van der Waals surface area contributed by atoms with Gasteiger partial charge in [0.15, 0.2) is 10.6 Å². The van der Waals surface area contributed by atoms with Crippen molar-refractivity contribution < 1.29 is 23.1 Å². The number of furan rings is 1. The van der Waals surface area contributed by atoms with Crippen LogP contribution in [0.3, 0.4) is 0 Å². The lowest BCUT2D eigenvalue weighted by Crippen LogP contribution is -2.31. The molecule has 9 heteroatoms. The maximum absolute atomic E-state index is 13.8. The van der Waals surface area contributed by atoms with Gasteiger partial charge in [0.05, 0.1) is 18.2 Å². The fourth-order valence-electron chi connectivity index (χ4n) is 3.14. The number of amides is 2. The molecule has 1 atom stereocenters. The summed E-state index contributed by atoms with van der Waals surface area (Å²) in [6.45, 7) is 1.47. The van der Waals surface area contributed by atoms with E-state index in [0.717, 1.165) is 19.4 Å². The molecule has 1 fully saturated rings. The molecular formula is C21H20FN3O4S. The first-order chi connectivity index (χ1) is 14.6. The molecule has 30 heavy (non-hydrogen) atoms. The first-order valence-corrected chi connectivity index (χ1v) is 10.4. The summed E-state index contributed by atoms with van der Waals surface area (Å²) in [7, 11) is 0. The number of nitrogens with zero attached hydrogens (tertiary/aromatic N) is 2. The lowest BCUT2D eigenvalue weighted by Gasteiger charge is -2.09. The Morgan fingerprint density at radius 3 is 2.93 bits per heavy atom. The molecule has 156 valence electrons. The predicted molar refractivity (Wildman–Crippen MR) is 108 cm³/mol. The van der Waals surface area contributed by atoms with Crippen molar-refractivity contribution in [1.82, 2.24) is 9.88 Å². The Morgan fingerprint density at radius 1 is 1.27 bits per heavy atom. The molecule has 1 aromatic carbocycles. The summed E-state index contributed by atoms with van der Waals surface area (Å²) in [5, 5.41) is 4.58. The molecule has 1 aliphatic heterocycles. The molecule has 1 saturated heterocycles. The van der Waals surface area contributed by atoms with E-state index in [2.05, 4.69) is 10.3 Å². The van der Waals surface area contributed by atoms with Crippen LogP contribution in [-0.2, 0) is 11.3 Å². The van der Waals surface area contributed by atoms with E-state index in [1.807, 2.05) is 0 Å². The van der Waals surface area contributed by atoms with Gasteiger partial charge in [0.2, 0.25) is 0 Å². The van der Waals surface area contributed by atoms with E-state index < -0.39 is 11.7 Å². The van der Waals surface area contributed by atoms with E-state index in [0.29, 0.717) is 17.1 Å². The van der Waals surface area contributed by atoms with Gasteiger partial charge in [-0.1, -0.05) is 12.1 Å². The number of carbonyl (C=O) groups is 2. The average molecular weight is 429 g/mol. The zero-order valence-corrected chi connectivity index (χ0v) is 16.9. The van der Waals surface area contributed by atoms with Crippen molar-refractivity contribution in [3.8, 4) is 0 Å². The van der Waals surface area contributed by atoms with Crippen molar-refractivity contribution in [2.24, 2.45) is 4.99 Å². The van der Waals surface area contributed by atoms with E-state index in [1.165, 1.54) is 29.5 Å². The number of ether oxygens (including phenoxy) is 1. The van der Waals surface area contributed by atoms with Gasteiger partial charge in [-0.25, -0.2) is 4.39 Å². The number of hydrogen-bond donors (Lipinski definition) is 1. The number of thiazole rings is 1. The van der Waals surface area contributed by atoms with Gasteiger partial charge in [-0.05, 0) is 37.1 Å². The SMILES string of the molecule is O=C(NCC1CCCO1)c1ccc(Cn2ccsc2=NC(=O)c2ccccc2F)o1. The Labute approximate surface area is 175 Å². The smallest absolute Gasteiger partial charge is 0.287 e. The second kappa shape index (κ2) is 9.19. The number of benzene rings is 1. The Kier molecular flexibility index (Phi) is 6.20. The van der Waals surface area contributed by atoms with Crippen LogP contribution in [0.15, 0.2) is 57.4 Å². The third-order valence-electron chi connectivity index (χ3n) is 4.69. The summed E-state index contributed by atoms with van der Waals surface area (Å²) in [5.74, 6) is -0.820. The van der Waals surface area contributed by atoms with Crippen LogP contribution in [0.2, 0.25) is 0 Å². The fourth-order valence-corrected chi connectivity index (χ4v) is 3.87. The summed E-state index contributed by atoms with van der Waals surface area (Å²) in [6.07, 6.45) is 3.76. The van der Waals surface area contributed by atoms with Gasteiger partial charge in [-0.3, -0.25) is 9.59 Å². The topological polar surface area (TPSA) is 85.8 Å². The predicted octanol–water partition coefficient (Wildman–Crippen LogP) is 2.98. The highest BCUT2D eigenvalue weighted by Crippen LogP contribution is 2.13. The van der Waals surface area contributed by atoms with Crippen LogP contribution in [0.4, 0.5) is 4.39 Å². The van der Waals surface area contributed by atoms with Crippen molar-refractivity contribution in [2.75, 3.05) is 13.2 Å². The Hall–Kier alpha value is -3.04. The Bertz CT molecular complexity index is 1110. The molecule has 0 saturated carbocycles. The lowest BCUT2D eigenvalue weighted by atomic mass is 10.2. The van der Waals surface area contributed by atoms with Crippen LogP contribution in [-0.4, -0.2) is 35.6 Å². The molecule has 2 amide bonds. The third kappa shape index (κ3) is 4.74. The molecule has 0 aliphatic carbocycles. The normalized spacial score (nSPS) is 16.7. The highest BCUT2D eigenvalue weighted by Gasteiger charge is 2.18. The highest BCUT2D eigenvalue weighted by atomic mass is 32.1. The van der Waals surface area contributed by atoms with E-state index in [-0.39, 0.29) is 29.9 Å². The minimum atomic E-state index is -0.655. The number of aromatic nitrogens is 1. The van der Waals surface area contributed by atoms with Gasteiger partial charge in [-0.2, -0.15) is 4.99 Å². The average Bonchev–Trinajstić information content (AvgIpc) is 3.50. The number of carbonyl (C=O) groups excluding carboxylic acids is 2. The first-order valence-electron chi connectivity index (χ1n) is 9.56. The van der Waals surface area contributed by atoms with Gasteiger partial charge in [0, 0.05) is 24.7 Å². The maximum atomic E-state index is 13.8. The van der Waals surface area contributed by atoms with Gasteiger partial charge in [0.25, 0.3) is 11.8 Å².